The highest BCUT2D eigenvalue weighted by atomic mass is 32.2. The number of carbonyl (C=O) groups is 6. The van der Waals surface area contributed by atoms with Crippen LogP contribution in [0.5, 0.6) is 0 Å². The molecule has 48 heavy (non-hydrogen) atoms. The molecule has 2 fully saturated rings. The first-order valence-electron chi connectivity index (χ1n) is 16.2. The van der Waals surface area contributed by atoms with Gasteiger partial charge in [-0.3, -0.25) is 19.2 Å². The number of carbonyl (C=O) groups excluding carboxylic acids is 3. The molecule has 0 heterocycles. The lowest BCUT2D eigenvalue weighted by molar-refractivity contribution is -0.156. The van der Waals surface area contributed by atoms with Gasteiger partial charge < -0.3 is 42.2 Å². The fraction of sp³-hybridized carbons (Fsp3) is 0.750. The average Bonchev–Trinajstić information content (AvgIpc) is 3.86. The van der Waals surface area contributed by atoms with Crippen molar-refractivity contribution in [3.63, 3.8) is 0 Å². The number of unbranched alkanes of at least 4 members (excludes halogenated alkanes) is 3. The molecule has 0 aromatic rings. The minimum Gasteiger partial charge on any atom is -0.480 e. The van der Waals surface area contributed by atoms with Gasteiger partial charge >= 0.3 is 23.9 Å². The fourth-order valence-electron chi connectivity index (χ4n) is 5.00. The van der Waals surface area contributed by atoms with Crippen molar-refractivity contribution in [3.05, 3.63) is 11.8 Å². The number of aliphatic carboxylic acids is 3. The molecule has 272 valence electrons. The van der Waals surface area contributed by atoms with E-state index in [0.29, 0.717) is 56.5 Å². The number of nitrogens with one attached hydrogen (secondary N) is 2. The van der Waals surface area contributed by atoms with Crippen molar-refractivity contribution in [3.8, 4) is 0 Å². The van der Waals surface area contributed by atoms with Gasteiger partial charge in [-0.05, 0) is 73.7 Å². The summed E-state index contributed by atoms with van der Waals surface area (Å²) in [5.41, 5.74) is 10.5. The second-order valence-corrected chi connectivity index (χ2v) is 16.2. The highest BCUT2D eigenvalue weighted by molar-refractivity contribution is 7.99. The van der Waals surface area contributed by atoms with Crippen molar-refractivity contribution in [1.82, 2.24) is 10.6 Å². The van der Waals surface area contributed by atoms with E-state index >= 15 is 0 Å². The summed E-state index contributed by atoms with van der Waals surface area (Å²) in [5.74, 6) is -4.21. The van der Waals surface area contributed by atoms with Gasteiger partial charge in [0.15, 0.2) is 6.04 Å². The molecule has 6 atom stereocenters. The molecule has 9 N–H and O–H groups in total. The van der Waals surface area contributed by atoms with E-state index in [-0.39, 0.29) is 52.2 Å². The summed E-state index contributed by atoms with van der Waals surface area (Å²) in [7, 11) is 0. The normalized spacial score (nSPS) is 21.6. The fourth-order valence-corrected chi connectivity index (χ4v) is 6.95. The lowest BCUT2D eigenvalue weighted by Crippen LogP contribution is -2.51. The quantitative estimate of drug-likeness (QED) is 0.0430. The number of ether oxygens (including phenoxy) is 1. The molecule has 2 rings (SSSR count). The van der Waals surface area contributed by atoms with Crippen LogP contribution >= 0.6 is 23.5 Å². The zero-order valence-corrected chi connectivity index (χ0v) is 29.8. The van der Waals surface area contributed by atoms with E-state index in [1.165, 1.54) is 23.5 Å². The molecule has 0 radical (unpaired) electrons. The maximum absolute atomic E-state index is 13.6. The van der Waals surface area contributed by atoms with Crippen LogP contribution in [0.3, 0.4) is 0 Å². The third kappa shape index (κ3) is 14.0. The summed E-state index contributed by atoms with van der Waals surface area (Å²) in [5, 5.41) is 33.3. The van der Waals surface area contributed by atoms with Crippen molar-refractivity contribution in [2.45, 2.75) is 103 Å². The van der Waals surface area contributed by atoms with Crippen molar-refractivity contribution < 1.29 is 48.8 Å². The molecular weight excluding hydrogens is 665 g/mol. The van der Waals surface area contributed by atoms with Crippen LogP contribution in [0, 0.1) is 22.7 Å². The van der Waals surface area contributed by atoms with Crippen molar-refractivity contribution in [1.29, 1.82) is 0 Å². The molecule has 2 aliphatic carbocycles. The van der Waals surface area contributed by atoms with Gasteiger partial charge in [-0.2, -0.15) is 23.5 Å². The third-order valence-electron chi connectivity index (χ3n) is 8.68. The molecule has 2 amide bonds. The SMILES string of the molecule is CC1(C)C[C@@H]1C(=O)N/C(=C\CCCCSC[C@H](N)C(=O)O)C(=O)OC(CCCCSC[C@H](N)C(=O)O)C(NC(=O)[C@H]1CC1(C)C)C(=O)O. The smallest absolute Gasteiger partial charge is 0.354 e. The minimum absolute atomic E-state index is 0.0924. The molecular formula is C32H52N4O10S2. The van der Waals surface area contributed by atoms with Crippen LogP contribution in [0.25, 0.3) is 0 Å². The first-order chi connectivity index (χ1) is 22.4. The summed E-state index contributed by atoms with van der Waals surface area (Å²) in [6.45, 7) is 7.70. The highest BCUT2D eigenvalue weighted by Crippen LogP contribution is 2.52. The summed E-state index contributed by atoms with van der Waals surface area (Å²) in [6, 6.07) is -3.48. The Kier molecular flexibility index (Phi) is 16.2. The van der Waals surface area contributed by atoms with Crippen LogP contribution in [0.4, 0.5) is 0 Å². The molecule has 0 bridgehead atoms. The molecule has 2 unspecified atom stereocenters. The molecule has 0 aliphatic heterocycles. The van der Waals surface area contributed by atoms with Gasteiger partial charge in [-0.25, -0.2) is 9.59 Å². The molecule has 0 spiro atoms. The monoisotopic (exact) mass is 716 g/mol. The Morgan fingerprint density at radius 1 is 0.792 bits per heavy atom. The van der Waals surface area contributed by atoms with Crippen LogP contribution in [-0.4, -0.2) is 98.3 Å². The van der Waals surface area contributed by atoms with E-state index in [9.17, 15) is 33.9 Å². The highest BCUT2D eigenvalue weighted by Gasteiger charge is 2.52. The van der Waals surface area contributed by atoms with Gasteiger partial charge in [-0.1, -0.05) is 33.8 Å². The largest absolute Gasteiger partial charge is 0.480 e. The number of hydrogen-bond donors (Lipinski definition) is 7. The number of carboxylic acid groups (broad SMARTS) is 3. The van der Waals surface area contributed by atoms with Crippen LogP contribution in [0.15, 0.2) is 11.8 Å². The van der Waals surface area contributed by atoms with Crippen LogP contribution in [-0.2, 0) is 33.5 Å². The van der Waals surface area contributed by atoms with Crippen molar-refractivity contribution in [2.75, 3.05) is 23.0 Å². The van der Waals surface area contributed by atoms with Crippen LogP contribution < -0.4 is 22.1 Å². The Balaban J connectivity index is 2.13. The van der Waals surface area contributed by atoms with E-state index in [4.69, 9.17) is 26.4 Å². The Morgan fingerprint density at radius 3 is 1.73 bits per heavy atom. The summed E-state index contributed by atoms with van der Waals surface area (Å²) in [4.78, 5) is 73.8. The molecule has 16 heteroatoms. The van der Waals surface area contributed by atoms with E-state index in [1.807, 2.05) is 27.7 Å². The molecule has 0 saturated heterocycles. The predicted molar refractivity (Wildman–Crippen MR) is 183 cm³/mol. The molecule has 0 aromatic carbocycles. The van der Waals surface area contributed by atoms with Crippen molar-refractivity contribution >= 4 is 59.2 Å². The Morgan fingerprint density at radius 2 is 1.27 bits per heavy atom. The molecule has 2 aliphatic rings. The summed E-state index contributed by atoms with van der Waals surface area (Å²) in [6.07, 6.45) is 4.31. The number of carboxylic acids is 3. The first-order valence-corrected chi connectivity index (χ1v) is 18.6. The van der Waals surface area contributed by atoms with Crippen LogP contribution in [0.2, 0.25) is 0 Å². The van der Waals surface area contributed by atoms with Gasteiger partial charge in [0.25, 0.3) is 0 Å². The molecule has 14 nitrogen and oxygen atoms in total. The second kappa shape index (κ2) is 18.8. The zero-order valence-electron chi connectivity index (χ0n) is 28.2. The number of amides is 2. The zero-order chi connectivity index (χ0) is 36.2. The predicted octanol–water partition coefficient (Wildman–Crippen LogP) is 2.19. The summed E-state index contributed by atoms with van der Waals surface area (Å²) >= 11 is 2.75. The number of thioether (sulfide) groups is 2. The lowest BCUT2D eigenvalue weighted by atomic mass is 10.0. The number of nitrogens with two attached hydrogens (primary N) is 2. The Bertz CT molecular complexity index is 1210. The van der Waals surface area contributed by atoms with Gasteiger partial charge in [0, 0.05) is 23.3 Å². The topological polar surface area (TPSA) is 248 Å². The van der Waals surface area contributed by atoms with E-state index < -0.39 is 54.0 Å². The van der Waals surface area contributed by atoms with Gasteiger partial charge in [0.2, 0.25) is 11.8 Å². The number of rotatable bonds is 24. The maximum atomic E-state index is 13.6. The minimum atomic E-state index is -1.53. The number of hydrogen-bond acceptors (Lipinski definition) is 11. The third-order valence-corrected chi connectivity index (χ3v) is 11.0. The van der Waals surface area contributed by atoms with Crippen molar-refractivity contribution in [2.24, 2.45) is 34.1 Å². The van der Waals surface area contributed by atoms with Gasteiger partial charge in [0.1, 0.15) is 23.9 Å². The standard InChI is InChI=1S/C32H52N4O10S2/c1-31(2)14-18(31)25(37)35-22(10-6-5-8-12-47-16-20(33)27(39)40)30(45)46-23(11-7-9-13-48-17-21(34)28(41)42)24(29(43)44)36-26(38)19-15-32(19,3)4/h10,18-21,23-24H,5-9,11-17,33-34H2,1-4H3,(H,35,37)(H,36,38)(H,39,40)(H,41,42)(H,43,44)/b22-10-/t18-,19-,20+,21+,23?,24?/m1/s1. The molecule has 0 aromatic heterocycles. The number of allylic oxidation sites excluding steroid dienone is 1. The van der Waals surface area contributed by atoms with Gasteiger partial charge in [-0.15, -0.1) is 0 Å². The van der Waals surface area contributed by atoms with Gasteiger partial charge in [0.05, 0.1) is 0 Å². The van der Waals surface area contributed by atoms with E-state index in [0.717, 1.165) is 0 Å². The number of esters is 1. The average molecular weight is 717 g/mol. The van der Waals surface area contributed by atoms with E-state index in [1.54, 1.807) is 6.08 Å². The second-order valence-electron chi connectivity index (χ2n) is 13.9. The van der Waals surface area contributed by atoms with E-state index in [2.05, 4.69) is 10.6 Å². The lowest BCUT2D eigenvalue weighted by Gasteiger charge is -2.26. The summed E-state index contributed by atoms with van der Waals surface area (Å²) < 4.78 is 5.77. The first kappa shape index (κ1) is 41.4. The molecule has 2 saturated carbocycles. The Labute approximate surface area is 290 Å². The van der Waals surface area contributed by atoms with Crippen LogP contribution in [0.1, 0.15) is 79.1 Å². The Hall–Kier alpha value is -2.82. The maximum Gasteiger partial charge on any atom is 0.354 e.